The minimum Gasteiger partial charge on any atom is -0.405 e. The zero-order valence-corrected chi connectivity index (χ0v) is 12.9. The van der Waals surface area contributed by atoms with Crippen molar-refractivity contribution < 1.29 is 27.8 Å². The molecule has 1 amide bonds. The molecule has 0 aromatic heterocycles. The first kappa shape index (κ1) is 17.6. The molecule has 1 heterocycles. The van der Waals surface area contributed by atoms with Gasteiger partial charge in [-0.3, -0.25) is 4.79 Å². The Morgan fingerprint density at radius 2 is 2.09 bits per heavy atom. The third kappa shape index (κ3) is 4.16. The first-order valence-corrected chi connectivity index (χ1v) is 7.55. The van der Waals surface area contributed by atoms with Gasteiger partial charge in [-0.05, 0) is 25.0 Å². The molecule has 1 N–H and O–H groups in total. The summed E-state index contributed by atoms with van der Waals surface area (Å²) in [6.45, 7) is 2.72. The number of likely N-dealkylation sites (tertiary alicyclic amines) is 1. The second-order valence-electron chi connectivity index (χ2n) is 5.93. The maximum atomic E-state index is 12.6. The van der Waals surface area contributed by atoms with Crippen molar-refractivity contribution in [3.05, 3.63) is 29.8 Å². The highest BCUT2D eigenvalue weighted by molar-refractivity contribution is 5.97. The van der Waals surface area contributed by atoms with Crippen molar-refractivity contribution in [1.82, 2.24) is 4.90 Å². The molecule has 1 atom stereocenters. The van der Waals surface area contributed by atoms with Crippen LogP contribution in [-0.2, 0) is 0 Å². The van der Waals surface area contributed by atoms with E-state index in [9.17, 15) is 23.1 Å². The summed E-state index contributed by atoms with van der Waals surface area (Å²) in [6, 6.07) is 5.33. The third-order valence-corrected chi connectivity index (χ3v) is 4.18. The van der Waals surface area contributed by atoms with Gasteiger partial charge in [0.2, 0.25) is 0 Å². The lowest BCUT2D eigenvalue weighted by atomic mass is 9.83. The fraction of sp³-hybridized carbons (Fsp3) is 0.562. The third-order valence-electron chi connectivity index (χ3n) is 4.18. The highest BCUT2D eigenvalue weighted by atomic mass is 19.4. The molecule has 2 rings (SSSR count). The second-order valence-corrected chi connectivity index (χ2v) is 5.93. The fourth-order valence-corrected chi connectivity index (χ4v) is 3.08. The van der Waals surface area contributed by atoms with Crippen molar-refractivity contribution in [2.75, 3.05) is 19.7 Å². The number of carbonyl (C=O) groups excluding carboxylic acids is 1. The van der Waals surface area contributed by atoms with Crippen LogP contribution in [0.2, 0.25) is 0 Å². The van der Waals surface area contributed by atoms with E-state index in [0.29, 0.717) is 19.5 Å². The van der Waals surface area contributed by atoms with Crippen LogP contribution < -0.4 is 4.74 Å². The first-order valence-electron chi connectivity index (χ1n) is 7.55. The summed E-state index contributed by atoms with van der Waals surface area (Å²) < 4.78 is 41.3. The predicted octanol–water partition coefficient (Wildman–Crippen LogP) is 3.21. The lowest BCUT2D eigenvalue weighted by Crippen LogP contribution is -2.34. The van der Waals surface area contributed by atoms with Gasteiger partial charge in [-0.15, -0.1) is 13.2 Å². The Morgan fingerprint density at radius 3 is 2.70 bits per heavy atom. The van der Waals surface area contributed by atoms with E-state index in [0.717, 1.165) is 18.9 Å². The Hall–Kier alpha value is -1.76. The summed E-state index contributed by atoms with van der Waals surface area (Å²) in [4.78, 5) is 14.0. The Bertz CT molecular complexity index is 562. The van der Waals surface area contributed by atoms with E-state index in [1.807, 2.05) is 6.92 Å². The van der Waals surface area contributed by atoms with E-state index in [1.54, 1.807) is 0 Å². The van der Waals surface area contributed by atoms with Crippen LogP contribution in [-0.4, -0.2) is 42.0 Å². The van der Waals surface area contributed by atoms with Gasteiger partial charge < -0.3 is 14.7 Å². The van der Waals surface area contributed by atoms with Crippen molar-refractivity contribution >= 4 is 5.91 Å². The largest absolute Gasteiger partial charge is 0.573 e. The molecule has 23 heavy (non-hydrogen) atoms. The zero-order chi connectivity index (χ0) is 17.1. The number of ether oxygens (including phenoxy) is 1. The van der Waals surface area contributed by atoms with E-state index in [-0.39, 0.29) is 17.6 Å². The fourth-order valence-electron chi connectivity index (χ4n) is 3.08. The number of amides is 1. The number of aliphatic hydroxyl groups excluding tert-OH is 1. The molecular formula is C16H20F3NO3. The van der Waals surface area contributed by atoms with Crippen LogP contribution in [0.5, 0.6) is 5.75 Å². The summed E-state index contributed by atoms with van der Waals surface area (Å²) in [5.74, 6) is -1.00. The Labute approximate surface area is 132 Å². The van der Waals surface area contributed by atoms with E-state index >= 15 is 0 Å². The van der Waals surface area contributed by atoms with Crippen LogP contribution in [0.4, 0.5) is 13.2 Å². The van der Waals surface area contributed by atoms with Gasteiger partial charge in [0, 0.05) is 18.5 Å². The molecule has 0 radical (unpaired) electrons. The van der Waals surface area contributed by atoms with Gasteiger partial charge >= 0.3 is 6.36 Å². The molecule has 0 saturated carbocycles. The molecule has 7 heteroatoms. The maximum Gasteiger partial charge on any atom is 0.573 e. The van der Waals surface area contributed by atoms with Crippen molar-refractivity contribution in [1.29, 1.82) is 0 Å². The molecule has 1 unspecified atom stereocenters. The molecule has 1 aromatic rings. The molecule has 1 aliphatic rings. The molecule has 0 bridgehead atoms. The van der Waals surface area contributed by atoms with Gasteiger partial charge in [-0.25, -0.2) is 0 Å². The first-order chi connectivity index (χ1) is 10.8. The molecule has 1 fully saturated rings. The average Bonchev–Trinajstić information content (AvgIpc) is 2.91. The Kier molecular flexibility index (Phi) is 5.19. The number of carbonyl (C=O) groups is 1. The van der Waals surface area contributed by atoms with Crippen LogP contribution in [0, 0.1) is 5.41 Å². The topological polar surface area (TPSA) is 49.8 Å². The standard InChI is InChI=1S/C16H20F3NO3/c1-2-7-15(11-21)8-9-20(10-15)14(22)12-5-3-4-6-13(12)23-16(17,18)19/h3-6,21H,2,7-11H2,1H3. The van der Waals surface area contributed by atoms with Crippen LogP contribution in [0.15, 0.2) is 24.3 Å². The molecule has 1 saturated heterocycles. The molecule has 1 aromatic carbocycles. The number of benzene rings is 1. The molecule has 1 aliphatic heterocycles. The van der Waals surface area contributed by atoms with Gasteiger partial charge in [0.25, 0.3) is 5.91 Å². The van der Waals surface area contributed by atoms with Crippen molar-refractivity contribution in [2.45, 2.75) is 32.5 Å². The van der Waals surface area contributed by atoms with Crippen molar-refractivity contribution in [2.24, 2.45) is 5.41 Å². The molecule has 0 spiro atoms. The summed E-state index contributed by atoms with van der Waals surface area (Å²) >= 11 is 0. The van der Waals surface area contributed by atoms with Gasteiger partial charge in [0.1, 0.15) is 5.75 Å². The predicted molar refractivity (Wildman–Crippen MR) is 78.1 cm³/mol. The molecule has 128 valence electrons. The monoisotopic (exact) mass is 331 g/mol. The highest BCUT2D eigenvalue weighted by Gasteiger charge is 2.40. The van der Waals surface area contributed by atoms with Crippen LogP contribution in [0.3, 0.4) is 0 Å². The Morgan fingerprint density at radius 1 is 1.39 bits per heavy atom. The minimum absolute atomic E-state index is 0.0364. The average molecular weight is 331 g/mol. The van der Waals surface area contributed by atoms with Gasteiger partial charge in [0.15, 0.2) is 0 Å². The SMILES string of the molecule is CCCC1(CO)CCN(C(=O)c2ccccc2OC(F)(F)F)C1. The summed E-state index contributed by atoms with van der Waals surface area (Å²) in [6.07, 6.45) is -2.56. The smallest absolute Gasteiger partial charge is 0.405 e. The second kappa shape index (κ2) is 6.78. The quantitative estimate of drug-likeness (QED) is 0.901. The van der Waals surface area contributed by atoms with Crippen LogP contribution in [0.1, 0.15) is 36.5 Å². The summed E-state index contributed by atoms with van der Waals surface area (Å²) in [5.41, 5.74) is -0.473. The lowest BCUT2D eigenvalue weighted by Gasteiger charge is -2.26. The summed E-state index contributed by atoms with van der Waals surface area (Å²) in [7, 11) is 0. The van der Waals surface area contributed by atoms with E-state index in [1.165, 1.54) is 23.1 Å². The van der Waals surface area contributed by atoms with Gasteiger partial charge in [-0.2, -0.15) is 0 Å². The number of aliphatic hydroxyl groups is 1. The highest BCUT2D eigenvalue weighted by Crippen LogP contribution is 2.36. The number of para-hydroxylation sites is 1. The molecule has 0 aliphatic carbocycles. The van der Waals surface area contributed by atoms with E-state index < -0.39 is 18.0 Å². The van der Waals surface area contributed by atoms with E-state index in [2.05, 4.69) is 4.74 Å². The normalized spacial score (nSPS) is 21.5. The van der Waals surface area contributed by atoms with Gasteiger partial charge in [0.05, 0.1) is 12.2 Å². The Balaban J connectivity index is 2.19. The number of alkyl halides is 3. The number of hydrogen-bond acceptors (Lipinski definition) is 3. The number of hydrogen-bond donors (Lipinski definition) is 1. The molecule has 4 nitrogen and oxygen atoms in total. The number of nitrogens with zero attached hydrogens (tertiary/aromatic N) is 1. The molecular weight excluding hydrogens is 311 g/mol. The number of halogens is 3. The lowest BCUT2D eigenvalue weighted by molar-refractivity contribution is -0.274. The summed E-state index contributed by atoms with van der Waals surface area (Å²) in [5, 5.41) is 9.61. The van der Waals surface area contributed by atoms with Crippen LogP contribution >= 0.6 is 0 Å². The maximum absolute atomic E-state index is 12.6. The number of rotatable bonds is 5. The van der Waals surface area contributed by atoms with Crippen molar-refractivity contribution in [3.63, 3.8) is 0 Å². The van der Waals surface area contributed by atoms with Gasteiger partial charge in [-0.1, -0.05) is 25.5 Å². The van der Waals surface area contributed by atoms with Crippen molar-refractivity contribution in [3.8, 4) is 5.75 Å². The zero-order valence-electron chi connectivity index (χ0n) is 12.9. The van der Waals surface area contributed by atoms with E-state index in [4.69, 9.17) is 0 Å². The minimum atomic E-state index is -4.85. The van der Waals surface area contributed by atoms with Crippen LogP contribution in [0.25, 0.3) is 0 Å².